The van der Waals surface area contributed by atoms with Crippen LogP contribution in [0.3, 0.4) is 0 Å². The molecule has 73 heavy (non-hydrogen) atoms. The zero-order valence-electron chi connectivity index (χ0n) is 49.7. The minimum atomic E-state index is -0.769. The number of carbonyl (C=O) groups excluding carboxylic acids is 3. The highest BCUT2D eigenvalue weighted by molar-refractivity contribution is 5.71. The average Bonchev–Trinajstić information content (AvgIpc) is 3.39. The number of ether oxygens (including phenoxy) is 3. The molecule has 0 aliphatic carbocycles. The Hall–Kier alpha value is -1.85. The lowest BCUT2D eigenvalue weighted by atomic mass is 10.0. The molecule has 0 saturated carbocycles. The van der Waals surface area contributed by atoms with E-state index in [0.717, 1.165) is 64.2 Å². The Labute approximate surface area is 456 Å². The third-order valence-electron chi connectivity index (χ3n) is 15.3. The van der Waals surface area contributed by atoms with E-state index in [4.69, 9.17) is 14.2 Å². The van der Waals surface area contributed by atoms with Gasteiger partial charge in [-0.05, 0) is 44.9 Å². The van der Waals surface area contributed by atoms with Gasteiger partial charge in [0.25, 0.3) is 0 Å². The normalized spacial score (nSPS) is 12.0. The van der Waals surface area contributed by atoms with E-state index < -0.39 is 6.10 Å². The zero-order valence-corrected chi connectivity index (χ0v) is 49.7. The Balaban J connectivity index is 4.02. The lowest BCUT2D eigenvalue weighted by molar-refractivity contribution is -0.167. The van der Waals surface area contributed by atoms with Crippen LogP contribution in [-0.2, 0) is 28.6 Å². The monoisotopic (exact) mass is 1030 g/mol. The van der Waals surface area contributed by atoms with Crippen LogP contribution in [0.1, 0.15) is 380 Å². The SMILES string of the molecule is CCCCCCC/C=C\CCCCCCCC(=O)OC(COC(=O)CCCCCCCCCCCC)COC(=O)CCCCCCCCCCCCCCCCCCCCCCCCCCCCCCCCC. The predicted octanol–water partition coefficient (Wildman–Crippen LogP) is 22.4. The Bertz CT molecular complexity index is 1130. The number of hydrogen-bond donors (Lipinski definition) is 0. The Morgan fingerprint density at radius 2 is 0.452 bits per heavy atom. The average molecular weight is 1030 g/mol. The van der Waals surface area contributed by atoms with Gasteiger partial charge in [0, 0.05) is 19.3 Å². The van der Waals surface area contributed by atoms with Crippen molar-refractivity contribution in [3.63, 3.8) is 0 Å². The third-order valence-corrected chi connectivity index (χ3v) is 15.3. The van der Waals surface area contributed by atoms with E-state index in [1.165, 1.54) is 276 Å². The molecule has 0 saturated heterocycles. The fourth-order valence-corrected chi connectivity index (χ4v) is 10.3. The Morgan fingerprint density at radius 1 is 0.260 bits per heavy atom. The summed E-state index contributed by atoms with van der Waals surface area (Å²) < 4.78 is 16.9. The summed E-state index contributed by atoms with van der Waals surface area (Å²) in [5.74, 6) is -0.852. The van der Waals surface area contributed by atoms with E-state index in [1.807, 2.05) is 0 Å². The molecule has 6 heteroatoms. The maximum atomic E-state index is 12.8. The van der Waals surface area contributed by atoms with Crippen molar-refractivity contribution in [1.82, 2.24) is 0 Å². The van der Waals surface area contributed by atoms with E-state index in [0.29, 0.717) is 19.3 Å². The first-order valence-corrected chi connectivity index (χ1v) is 33.2. The molecule has 0 N–H and O–H groups in total. The van der Waals surface area contributed by atoms with Gasteiger partial charge in [-0.25, -0.2) is 0 Å². The Morgan fingerprint density at radius 3 is 0.685 bits per heavy atom. The standard InChI is InChI=1S/C67H128O6/c1-4-7-10-13-16-19-22-24-26-27-28-29-30-31-32-33-34-35-36-37-38-39-40-41-42-44-45-48-51-54-57-60-66(69)72-63-64(62-71-65(68)59-56-53-50-47-21-18-15-12-9-6-3)73-67(70)61-58-55-52-49-46-43-25-23-20-17-14-11-8-5-2/h23,25,64H,4-22,24,26-63H2,1-3H3/b25-23-. The molecule has 0 heterocycles. The molecule has 0 spiro atoms. The molecule has 1 atom stereocenters. The number of unbranched alkanes of at least 4 members (excludes halogenated alkanes) is 49. The lowest BCUT2D eigenvalue weighted by Gasteiger charge is -2.18. The number of carbonyl (C=O) groups is 3. The number of hydrogen-bond acceptors (Lipinski definition) is 6. The predicted molar refractivity (Wildman–Crippen MR) is 317 cm³/mol. The van der Waals surface area contributed by atoms with E-state index in [1.54, 1.807) is 0 Å². The van der Waals surface area contributed by atoms with Crippen molar-refractivity contribution in [3.05, 3.63) is 12.2 Å². The van der Waals surface area contributed by atoms with Crippen LogP contribution < -0.4 is 0 Å². The molecule has 0 aromatic heterocycles. The van der Waals surface area contributed by atoms with Gasteiger partial charge < -0.3 is 14.2 Å². The molecule has 0 aliphatic rings. The molecule has 0 radical (unpaired) electrons. The van der Waals surface area contributed by atoms with Crippen LogP contribution in [0.4, 0.5) is 0 Å². The minimum Gasteiger partial charge on any atom is -0.462 e. The summed E-state index contributed by atoms with van der Waals surface area (Å²) in [4.78, 5) is 38.1. The molecule has 0 aromatic rings. The summed E-state index contributed by atoms with van der Waals surface area (Å²) in [5.41, 5.74) is 0. The molecule has 0 aromatic carbocycles. The first-order chi connectivity index (χ1) is 36.0. The first kappa shape index (κ1) is 71.2. The summed E-state index contributed by atoms with van der Waals surface area (Å²) in [7, 11) is 0. The smallest absolute Gasteiger partial charge is 0.306 e. The largest absolute Gasteiger partial charge is 0.462 e. The number of rotatable bonds is 62. The van der Waals surface area contributed by atoms with Crippen molar-refractivity contribution in [1.29, 1.82) is 0 Å². The van der Waals surface area contributed by atoms with Gasteiger partial charge in [0.05, 0.1) is 0 Å². The van der Waals surface area contributed by atoms with E-state index in [2.05, 4.69) is 32.9 Å². The van der Waals surface area contributed by atoms with Crippen LogP contribution in [0, 0.1) is 0 Å². The summed E-state index contributed by atoms with van der Waals surface area (Å²) in [6.07, 6.45) is 74.0. The van der Waals surface area contributed by atoms with E-state index >= 15 is 0 Å². The van der Waals surface area contributed by atoms with Crippen molar-refractivity contribution >= 4 is 17.9 Å². The van der Waals surface area contributed by atoms with Gasteiger partial charge in [0.1, 0.15) is 13.2 Å². The van der Waals surface area contributed by atoms with Crippen molar-refractivity contribution < 1.29 is 28.6 Å². The summed E-state index contributed by atoms with van der Waals surface area (Å²) >= 11 is 0. The number of allylic oxidation sites excluding steroid dienone is 2. The van der Waals surface area contributed by atoms with Crippen LogP contribution in [0.5, 0.6) is 0 Å². The second-order valence-electron chi connectivity index (χ2n) is 22.7. The molecule has 432 valence electrons. The lowest BCUT2D eigenvalue weighted by Crippen LogP contribution is -2.30. The van der Waals surface area contributed by atoms with Gasteiger partial charge in [-0.2, -0.15) is 0 Å². The van der Waals surface area contributed by atoms with Gasteiger partial charge in [-0.3, -0.25) is 14.4 Å². The fraction of sp³-hybridized carbons (Fsp3) is 0.925. The minimum absolute atomic E-state index is 0.0675. The summed E-state index contributed by atoms with van der Waals surface area (Å²) in [6, 6.07) is 0. The van der Waals surface area contributed by atoms with Gasteiger partial charge >= 0.3 is 17.9 Å². The van der Waals surface area contributed by atoms with Crippen molar-refractivity contribution in [2.24, 2.45) is 0 Å². The highest BCUT2D eigenvalue weighted by atomic mass is 16.6. The van der Waals surface area contributed by atoms with E-state index in [9.17, 15) is 14.4 Å². The first-order valence-electron chi connectivity index (χ1n) is 33.2. The number of esters is 3. The summed E-state index contributed by atoms with van der Waals surface area (Å²) in [5, 5.41) is 0. The zero-order chi connectivity index (χ0) is 52.9. The highest BCUT2D eigenvalue weighted by Crippen LogP contribution is 2.19. The molecule has 0 rings (SSSR count). The van der Waals surface area contributed by atoms with Crippen LogP contribution in [0.2, 0.25) is 0 Å². The van der Waals surface area contributed by atoms with E-state index in [-0.39, 0.29) is 31.1 Å². The van der Waals surface area contributed by atoms with Crippen molar-refractivity contribution in [2.45, 2.75) is 386 Å². The van der Waals surface area contributed by atoms with Crippen LogP contribution in [0.15, 0.2) is 12.2 Å². The second kappa shape index (κ2) is 62.7. The van der Waals surface area contributed by atoms with Crippen molar-refractivity contribution in [2.75, 3.05) is 13.2 Å². The molecule has 0 amide bonds. The van der Waals surface area contributed by atoms with Gasteiger partial charge in [0.15, 0.2) is 6.10 Å². The highest BCUT2D eigenvalue weighted by Gasteiger charge is 2.19. The fourth-order valence-electron chi connectivity index (χ4n) is 10.3. The molecular formula is C67H128O6. The maximum Gasteiger partial charge on any atom is 0.306 e. The molecule has 6 nitrogen and oxygen atoms in total. The third kappa shape index (κ3) is 60.9. The topological polar surface area (TPSA) is 78.9 Å². The molecule has 0 aliphatic heterocycles. The molecular weight excluding hydrogens is 901 g/mol. The molecule has 0 fully saturated rings. The molecule has 1 unspecified atom stereocenters. The van der Waals surface area contributed by atoms with Crippen molar-refractivity contribution in [3.8, 4) is 0 Å². The Kier molecular flexibility index (Phi) is 61.1. The maximum absolute atomic E-state index is 12.8. The van der Waals surface area contributed by atoms with Crippen LogP contribution in [-0.4, -0.2) is 37.2 Å². The van der Waals surface area contributed by atoms with Crippen LogP contribution in [0.25, 0.3) is 0 Å². The molecule has 0 bridgehead atoms. The van der Waals surface area contributed by atoms with Crippen LogP contribution >= 0.6 is 0 Å². The van der Waals surface area contributed by atoms with Gasteiger partial charge in [-0.1, -0.05) is 328 Å². The van der Waals surface area contributed by atoms with Gasteiger partial charge in [-0.15, -0.1) is 0 Å². The van der Waals surface area contributed by atoms with Gasteiger partial charge in [0.2, 0.25) is 0 Å². The summed E-state index contributed by atoms with van der Waals surface area (Å²) in [6.45, 7) is 6.68. The second-order valence-corrected chi connectivity index (χ2v) is 22.7. The quantitative estimate of drug-likeness (QED) is 0.0261.